The van der Waals surface area contributed by atoms with E-state index in [4.69, 9.17) is 14.6 Å². The first kappa shape index (κ1) is 28.9. The topological polar surface area (TPSA) is 137 Å². The minimum atomic E-state index is -5.08. The average Bonchev–Trinajstić information content (AvgIpc) is 3.46. The lowest BCUT2D eigenvalue weighted by atomic mass is 10.0. The predicted octanol–water partition coefficient (Wildman–Crippen LogP) is 3.25. The summed E-state index contributed by atoms with van der Waals surface area (Å²) < 4.78 is 39.1. The Labute approximate surface area is 228 Å². The number of nitrogens with zero attached hydrogens (tertiary/aromatic N) is 6. The number of aryl methyl sites for hydroxylation is 1. The Bertz CT molecular complexity index is 1410. The minimum Gasteiger partial charge on any atom is -0.491 e. The van der Waals surface area contributed by atoms with E-state index in [1.165, 1.54) is 5.69 Å². The van der Waals surface area contributed by atoms with Crippen LogP contribution in [0.1, 0.15) is 32.2 Å². The molecule has 0 spiro atoms. The second kappa shape index (κ2) is 11.2. The van der Waals surface area contributed by atoms with Crippen molar-refractivity contribution < 1.29 is 32.6 Å². The summed E-state index contributed by atoms with van der Waals surface area (Å²) in [4.78, 5) is 35.3. The van der Waals surface area contributed by atoms with Gasteiger partial charge in [0.1, 0.15) is 23.1 Å². The number of amides is 2. The number of anilines is 3. The number of ether oxygens (including phenoxy) is 1. The average molecular weight is 565 g/mol. The van der Waals surface area contributed by atoms with Crippen LogP contribution in [-0.2, 0) is 11.2 Å². The number of carbonyl (C=O) groups excluding carboxylic acids is 1. The number of rotatable bonds is 4. The summed E-state index contributed by atoms with van der Waals surface area (Å²) >= 11 is 0. The SMILES string of the molecule is CCOc1cc2nc(C)nn2cc1NC(=O)N1CCc2c(N3CCNC(C)(C)C3)ccnc21.O=C(O)C(F)(F)F. The highest BCUT2D eigenvalue weighted by atomic mass is 19.4. The zero-order chi connectivity index (χ0) is 29.2. The van der Waals surface area contributed by atoms with Crippen LogP contribution in [0, 0.1) is 6.92 Å². The van der Waals surface area contributed by atoms with E-state index in [1.54, 1.807) is 27.9 Å². The predicted molar refractivity (Wildman–Crippen MR) is 141 cm³/mol. The summed E-state index contributed by atoms with van der Waals surface area (Å²) in [5.74, 6) is -0.818. The third kappa shape index (κ3) is 6.35. The third-order valence-electron chi connectivity index (χ3n) is 6.33. The second-order valence-corrected chi connectivity index (χ2v) is 9.95. The molecule has 12 nitrogen and oxygen atoms in total. The van der Waals surface area contributed by atoms with Gasteiger partial charge in [0.25, 0.3) is 0 Å². The Morgan fingerprint density at radius 1 is 1.27 bits per heavy atom. The zero-order valence-electron chi connectivity index (χ0n) is 22.5. The van der Waals surface area contributed by atoms with Crippen LogP contribution in [0.5, 0.6) is 5.75 Å². The number of hydrogen-bond acceptors (Lipinski definition) is 8. The number of fused-ring (bicyclic) bond motifs is 2. The van der Waals surface area contributed by atoms with Gasteiger partial charge in [-0.3, -0.25) is 4.90 Å². The highest BCUT2D eigenvalue weighted by Crippen LogP contribution is 2.36. The van der Waals surface area contributed by atoms with Gasteiger partial charge in [-0.15, -0.1) is 0 Å². The van der Waals surface area contributed by atoms with Crippen molar-refractivity contribution in [2.45, 2.75) is 45.8 Å². The molecule has 0 unspecified atom stereocenters. The number of carboxylic acids is 1. The molecule has 40 heavy (non-hydrogen) atoms. The Morgan fingerprint density at radius 2 is 2.00 bits per heavy atom. The normalized spacial score (nSPS) is 16.3. The summed E-state index contributed by atoms with van der Waals surface area (Å²) in [6.45, 7) is 12.0. The van der Waals surface area contributed by atoms with Gasteiger partial charge in [-0.05, 0) is 40.2 Å². The van der Waals surface area contributed by atoms with Crippen LogP contribution in [0.4, 0.5) is 35.2 Å². The molecule has 1 fully saturated rings. The summed E-state index contributed by atoms with van der Waals surface area (Å²) in [7, 11) is 0. The molecule has 15 heteroatoms. The van der Waals surface area contributed by atoms with Gasteiger partial charge in [-0.25, -0.2) is 24.1 Å². The number of halogens is 3. The Kier molecular flexibility index (Phi) is 8.05. The number of carboxylic acid groups (broad SMARTS) is 1. The molecule has 5 rings (SSSR count). The van der Waals surface area contributed by atoms with E-state index in [-0.39, 0.29) is 11.6 Å². The van der Waals surface area contributed by atoms with Gasteiger partial charge in [0.05, 0.1) is 12.8 Å². The highest BCUT2D eigenvalue weighted by molar-refractivity contribution is 6.03. The molecule has 216 valence electrons. The molecular weight excluding hydrogens is 533 g/mol. The second-order valence-electron chi connectivity index (χ2n) is 9.95. The molecule has 2 amide bonds. The van der Waals surface area contributed by atoms with Crippen LogP contribution >= 0.6 is 0 Å². The molecule has 1 saturated heterocycles. The quantitative estimate of drug-likeness (QED) is 0.436. The van der Waals surface area contributed by atoms with Crippen molar-refractivity contribution >= 4 is 34.8 Å². The standard InChI is InChI=1S/C23H30N8O2.C2HF3O2/c1-5-33-19-12-20-26-15(2)28-31(20)13-17(19)27-22(32)30-10-7-16-18(6-8-24-21(16)30)29-11-9-25-23(3,4)14-29;3-2(4,5)1(6)7/h6,8,12-13,25H,5,7,9-11,14H2,1-4H3,(H,27,32);(H,6,7). The van der Waals surface area contributed by atoms with Gasteiger partial charge in [0.15, 0.2) is 5.65 Å². The zero-order valence-corrected chi connectivity index (χ0v) is 22.5. The number of nitrogens with one attached hydrogen (secondary N) is 2. The molecule has 3 N–H and O–H groups in total. The molecule has 5 heterocycles. The number of piperazine rings is 1. The molecule has 0 aromatic carbocycles. The first-order valence-corrected chi connectivity index (χ1v) is 12.7. The van der Waals surface area contributed by atoms with Crippen LogP contribution in [0.15, 0.2) is 24.5 Å². The largest absolute Gasteiger partial charge is 0.491 e. The van der Waals surface area contributed by atoms with E-state index >= 15 is 0 Å². The van der Waals surface area contributed by atoms with E-state index in [2.05, 4.69) is 50.5 Å². The molecule has 2 aliphatic heterocycles. The molecule has 0 aliphatic carbocycles. The molecule has 0 bridgehead atoms. The van der Waals surface area contributed by atoms with E-state index < -0.39 is 12.1 Å². The number of aromatic nitrogens is 4. The summed E-state index contributed by atoms with van der Waals surface area (Å²) in [6, 6.07) is 3.62. The fraction of sp³-hybridized carbons (Fsp3) is 0.480. The van der Waals surface area contributed by atoms with Crippen molar-refractivity contribution in [1.82, 2.24) is 24.9 Å². The van der Waals surface area contributed by atoms with Crippen molar-refractivity contribution in [3.8, 4) is 5.75 Å². The monoisotopic (exact) mass is 564 g/mol. The van der Waals surface area contributed by atoms with Crippen LogP contribution in [-0.4, -0.2) is 81.2 Å². The summed E-state index contributed by atoms with van der Waals surface area (Å²) in [5.41, 5.74) is 3.55. The number of hydrogen-bond donors (Lipinski definition) is 3. The number of pyridine rings is 2. The lowest BCUT2D eigenvalue weighted by molar-refractivity contribution is -0.192. The summed E-state index contributed by atoms with van der Waals surface area (Å²) in [5, 5.41) is 18.0. The van der Waals surface area contributed by atoms with Crippen LogP contribution in [0.3, 0.4) is 0 Å². The first-order chi connectivity index (χ1) is 18.8. The maximum absolute atomic E-state index is 13.3. The molecule has 3 aromatic rings. The van der Waals surface area contributed by atoms with Gasteiger partial charge in [0, 0.05) is 55.2 Å². The molecule has 0 atom stereocenters. The Balaban J connectivity index is 0.000000470. The maximum Gasteiger partial charge on any atom is 0.490 e. The highest BCUT2D eigenvalue weighted by Gasteiger charge is 2.38. The number of carbonyl (C=O) groups is 2. The van der Waals surface area contributed by atoms with Gasteiger partial charge < -0.3 is 25.4 Å². The van der Waals surface area contributed by atoms with Crippen molar-refractivity contribution in [2.75, 3.05) is 47.9 Å². The lowest BCUT2D eigenvalue weighted by Gasteiger charge is -2.41. The fourth-order valence-electron chi connectivity index (χ4n) is 4.69. The molecule has 0 saturated carbocycles. The van der Waals surface area contributed by atoms with Crippen molar-refractivity contribution in [3.05, 3.63) is 35.9 Å². The number of aliphatic carboxylic acids is 1. The van der Waals surface area contributed by atoms with Gasteiger partial charge in [-0.2, -0.15) is 18.3 Å². The van der Waals surface area contributed by atoms with Gasteiger partial charge >= 0.3 is 18.2 Å². The molecule has 2 aliphatic rings. The van der Waals surface area contributed by atoms with E-state index in [0.717, 1.165) is 37.4 Å². The Morgan fingerprint density at radius 3 is 2.65 bits per heavy atom. The smallest absolute Gasteiger partial charge is 0.490 e. The van der Waals surface area contributed by atoms with Crippen molar-refractivity contribution in [1.29, 1.82) is 0 Å². The van der Waals surface area contributed by atoms with Crippen molar-refractivity contribution in [2.24, 2.45) is 0 Å². The van der Waals surface area contributed by atoms with E-state index in [1.807, 2.05) is 13.8 Å². The lowest BCUT2D eigenvalue weighted by Crippen LogP contribution is -2.57. The van der Waals surface area contributed by atoms with Gasteiger partial charge in [-0.1, -0.05) is 0 Å². The van der Waals surface area contributed by atoms with Crippen LogP contribution in [0.2, 0.25) is 0 Å². The Hall–Kier alpha value is -4.14. The number of urea groups is 1. The van der Waals surface area contributed by atoms with Crippen LogP contribution < -0.4 is 25.2 Å². The maximum atomic E-state index is 13.3. The van der Waals surface area contributed by atoms with Crippen LogP contribution in [0.25, 0.3) is 5.65 Å². The molecule has 3 aromatic heterocycles. The van der Waals surface area contributed by atoms with Crippen molar-refractivity contribution in [3.63, 3.8) is 0 Å². The van der Waals surface area contributed by atoms with Gasteiger partial charge in [0.2, 0.25) is 0 Å². The minimum absolute atomic E-state index is 0.0398. The molecular formula is C25H31F3N8O4. The van der Waals surface area contributed by atoms with E-state index in [0.29, 0.717) is 36.1 Å². The number of alkyl halides is 3. The van der Waals surface area contributed by atoms with E-state index in [9.17, 15) is 18.0 Å². The third-order valence-corrected chi connectivity index (χ3v) is 6.33. The first-order valence-electron chi connectivity index (χ1n) is 12.7. The fourth-order valence-corrected chi connectivity index (χ4v) is 4.69. The summed E-state index contributed by atoms with van der Waals surface area (Å²) in [6.07, 6.45) is -0.775. The molecule has 0 radical (unpaired) electrons.